The SMILES string of the molecule is O=C(OC1([C@@H]2CCOC2)CC1)c1ccc(-c2cscn2)cc1. The molecule has 0 N–H and O–H groups in total. The first-order chi connectivity index (χ1) is 10.8. The molecular weight excluding hydrogens is 298 g/mol. The fourth-order valence-corrected chi connectivity index (χ4v) is 3.60. The lowest BCUT2D eigenvalue weighted by Crippen LogP contribution is -2.29. The summed E-state index contributed by atoms with van der Waals surface area (Å²) in [6.45, 7) is 1.50. The van der Waals surface area contributed by atoms with Crippen LogP contribution in [-0.4, -0.2) is 29.8 Å². The van der Waals surface area contributed by atoms with Gasteiger partial charge in [0, 0.05) is 23.5 Å². The van der Waals surface area contributed by atoms with E-state index in [1.165, 1.54) is 0 Å². The van der Waals surface area contributed by atoms with Crippen LogP contribution in [-0.2, 0) is 9.47 Å². The summed E-state index contributed by atoms with van der Waals surface area (Å²) in [5.41, 5.74) is 4.10. The molecule has 2 heterocycles. The molecule has 4 nitrogen and oxygen atoms in total. The molecule has 22 heavy (non-hydrogen) atoms. The van der Waals surface area contributed by atoms with E-state index >= 15 is 0 Å². The van der Waals surface area contributed by atoms with Crippen LogP contribution in [0.15, 0.2) is 35.2 Å². The fraction of sp³-hybridized carbons (Fsp3) is 0.412. The third-order valence-corrected chi connectivity index (χ3v) is 5.15. The van der Waals surface area contributed by atoms with E-state index < -0.39 is 0 Å². The van der Waals surface area contributed by atoms with Gasteiger partial charge in [0.2, 0.25) is 0 Å². The predicted molar refractivity (Wildman–Crippen MR) is 83.9 cm³/mol. The summed E-state index contributed by atoms with van der Waals surface area (Å²) in [5.74, 6) is 0.139. The van der Waals surface area contributed by atoms with Gasteiger partial charge in [-0.1, -0.05) is 12.1 Å². The van der Waals surface area contributed by atoms with Crippen LogP contribution in [0.3, 0.4) is 0 Å². The van der Waals surface area contributed by atoms with Crippen LogP contribution in [0, 0.1) is 5.92 Å². The van der Waals surface area contributed by atoms with Gasteiger partial charge in [-0.25, -0.2) is 9.78 Å². The molecule has 0 bridgehead atoms. The van der Waals surface area contributed by atoms with Crippen molar-refractivity contribution in [1.29, 1.82) is 0 Å². The quantitative estimate of drug-likeness (QED) is 0.810. The van der Waals surface area contributed by atoms with Crippen LogP contribution >= 0.6 is 11.3 Å². The number of carbonyl (C=O) groups excluding carboxylic acids is 1. The molecule has 0 spiro atoms. The highest BCUT2D eigenvalue weighted by atomic mass is 32.1. The van der Waals surface area contributed by atoms with E-state index in [-0.39, 0.29) is 11.6 Å². The topological polar surface area (TPSA) is 48.4 Å². The summed E-state index contributed by atoms with van der Waals surface area (Å²) in [5, 5.41) is 1.99. The van der Waals surface area contributed by atoms with Crippen LogP contribution in [0.1, 0.15) is 29.6 Å². The smallest absolute Gasteiger partial charge is 0.338 e. The highest BCUT2D eigenvalue weighted by Gasteiger charge is 2.54. The van der Waals surface area contributed by atoms with Crippen molar-refractivity contribution in [2.24, 2.45) is 5.92 Å². The number of benzene rings is 1. The molecule has 1 saturated heterocycles. The van der Waals surface area contributed by atoms with E-state index in [1.54, 1.807) is 16.8 Å². The number of esters is 1. The molecule has 0 radical (unpaired) electrons. The minimum absolute atomic E-state index is 0.228. The zero-order valence-electron chi connectivity index (χ0n) is 12.2. The number of ether oxygens (including phenoxy) is 2. The first kappa shape index (κ1) is 13.9. The molecule has 4 rings (SSSR count). The lowest BCUT2D eigenvalue weighted by Gasteiger charge is -2.22. The summed E-state index contributed by atoms with van der Waals surface area (Å²) in [6.07, 6.45) is 2.92. The van der Waals surface area contributed by atoms with E-state index in [0.29, 0.717) is 11.5 Å². The molecule has 1 aromatic carbocycles. The van der Waals surface area contributed by atoms with E-state index in [1.807, 2.05) is 29.6 Å². The molecule has 2 aliphatic rings. The lowest BCUT2D eigenvalue weighted by molar-refractivity contribution is 0.000839. The maximum Gasteiger partial charge on any atom is 0.338 e. The van der Waals surface area contributed by atoms with Crippen LogP contribution < -0.4 is 0 Å². The molecule has 1 aromatic heterocycles. The summed E-state index contributed by atoms with van der Waals surface area (Å²) >= 11 is 1.56. The van der Waals surface area contributed by atoms with Gasteiger partial charge in [-0.3, -0.25) is 0 Å². The number of carbonyl (C=O) groups is 1. The highest BCUT2D eigenvalue weighted by Crippen LogP contribution is 2.49. The summed E-state index contributed by atoms with van der Waals surface area (Å²) in [7, 11) is 0. The Kier molecular flexibility index (Phi) is 3.47. The first-order valence-corrected chi connectivity index (χ1v) is 8.51. The average Bonchev–Trinajstić information content (AvgIpc) is 3.03. The molecule has 114 valence electrons. The predicted octanol–water partition coefficient (Wildman–Crippen LogP) is 3.54. The summed E-state index contributed by atoms with van der Waals surface area (Å²) in [4.78, 5) is 16.6. The average molecular weight is 315 g/mol. The molecule has 2 fully saturated rings. The van der Waals surface area contributed by atoms with Gasteiger partial charge in [0.05, 0.1) is 23.4 Å². The monoisotopic (exact) mass is 315 g/mol. The number of hydrogen-bond donors (Lipinski definition) is 0. The molecule has 1 aliphatic heterocycles. The molecule has 1 aliphatic carbocycles. The first-order valence-electron chi connectivity index (χ1n) is 7.57. The second kappa shape index (κ2) is 5.48. The van der Waals surface area contributed by atoms with Crippen molar-refractivity contribution in [3.8, 4) is 11.3 Å². The van der Waals surface area contributed by atoms with Crippen LogP contribution in [0.25, 0.3) is 11.3 Å². The largest absolute Gasteiger partial charge is 0.455 e. The number of aromatic nitrogens is 1. The molecule has 1 atom stereocenters. The molecule has 0 amide bonds. The van der Waals surface area contributed by atoms with Gasteiger partial charge < -0.3 is 9.47 Å². The Hall–Kier alpha value is -1.72. The van der Waals surface area contributed by atoms with Gasteiger partial charge in [0.15, 0.2) is 0 Å². The van der Waals surface area contributed by atoms with Crippen LogP contribution in [0.5, 0.6) is 0 Å². The third-order valence-electron chi connectivity index (χ3n) is 4.56. The second-order valence-electron chi connectivity index (χ2n) is 5.97. The van der Waals surface area contributed by atoms with Crippen molar-refractivity contribution in [3.05, 3.63) is 40.7 Å². The lowest BCUT2D eigenvalue weighted by atomic mass is 9.99. The van der Waals surface area contributed by atoms with Gasteiger partial charge >= 0.3 is 5.97 Å². The summed E-state index contributed by atoms with van der Waals surface area (Å²) < 4.78 is 11.2. The zero-order valence-corrected chi connectivity index (χ0v) is 13.0. The number of rotatable bonds is 4. The van der Waals surface area contributed by atoms with Gasteiger partial charge in [0.1, 0.15) is 5.60 Å². The van der Waals surface area contributed by atoms with E-state index in [9.17, 15) is 4.79 Å². The van der Waals surface area contributed by atoms with Crippen LogP contribution in [0.2, 0.25) is 0 Å². The van der Waals surface area contributed by atoms with Gasteiger partial charge in [0.25, 0.3) is 0 Å². The number of hydrogen-bond acceptors (Lipinski definition) is 5. The molecule has 0 unspecified atom stereocenters. The van der Waals surface area contributed by atoms with Gasteiger partial charge in [-0.15, -0.1) is 11.3 Å². The molecule has 5 heteroatoms. The number of thiazole rings is 1. The Bertz CT molecular complexity index is 656. The van der Waals surface area contributed by atoms with Crippen molar-refractivity contribution in [2.75, 3.05) is 13.2 Å². The molecule has 1 saturated carbocycles. The maximum absolute atomic E-state index is 12.4. The second-order valence-corrected chi connectivity index (χ2v) is 6.68. The Balaban J connectivity index is 1.46. The highest BCUT2D eigenvalue weighted by molar-refractivity contribution is 7.07. The minimum Gasteiger partial charge on any atom is -0.455 e. The maximum atomic E-state index is 12.4. The van der Waals surface area contributed by atoms with Gasteiger partial charge in [-0.05, 0) is 31.4 Å². The minimum atomic E-state index is -0.263. The third kappa shape index (κ3) is 2.55. The van der Waals surface area contributed by atoms with Crippen molar-refractivity contribution < 1.29 is 14.3 Å². The Morgan fingerprint density at radius 3 is 2.73 bits per heavy atom. The van der Waals surface area contributed by atoms with E-state index in [4.69, 9.17) is 9.47 Å². The van der Waals surface area contributed by atoms with Crippen LogP contribution in [0.4, 0.5) is 0 Å². The Morgan fingerprint density at radius 2 is 2.14 bits per heavy atom. The molecule has 2 aromatic rings. The van der Waals surface area contributed by atoms with Crippen molar-refractivity contribution in [1.82, 2.24) is 4.98 Å². The summed E-state index contributed by atoms with van der Waals surface area (Å²) in [6, 6.07) is 7.48. The van der Waals surface area contributed by atoms with E-state index in [2.05, 4.69) is 4.98 Å². The standard InChI is InChI=1S/C17H17NO3S/c19-16(21-17(6-7-17)14-5-8-20-9-14)13-3-1-12(2-4-13)15-10-22-11-18-15/h1-4,10-11,14H,5-9H2/t14-/m1/s1. The molecular formula is C17H17NO3S. The van der Waals surface area contributed by atoms with Crippen molar-refractivity contribution in [2.45, 2.75) is 24.9 Å². The fourth-order valence-electron chi connectivity index (χ4n) is 3.04. The zero-order chi connectivity index (χ0) is 15.0. The van der Waals surface area contributed by atoms with Gasteiger partial charge in [-0.2, -0.15) is 0 Å². The Morgan fingerprint density at radius 1 is 1.32 bits per heavy atom. The normalized spacial score (nSPS) is 22.5. The van der Waals surface area contributed by atoms with E-state index in [0.717, 1.165) is 43.7 Å². The Labute approximate surface area is 133 Å². The van der Waals surface area contributed by atoms with Crippen molar-refractivity contribution in [3.63, 3.8) is 0 Å². The number of nitrogens with zero attached hydrogens (tertiary/aromatic N) is 1. The van der Waals surface area contributed by atoms with Crippen molar-refractivity contribution >= 4 is 17.3 Å².